The Labute approximate surface area is 133 Å². The predicted octanol–water partition coefficient (Wildman–Crippen LogP) is -0.344. The highest BCUT2D eigenvalue weighted by molar-refractivity contribution is 6.30. The van der Waals surface area contributed by atoms with E-state index in [1.807, 2.05) is 0 Å². The van der Waals surface area contributed by atoms with Gasteiger partial charge in [0, 0.05) is 19.9 Å². The molecule has 122 valence electrons. The first-order valence-corrected chi connectivity index (χ1v) is 7.19. The molecule has 1 aliphatic rings. The number of amides is 2. The van der Waals surface area contributed by atoms with Crippen LogP contribution in [0, 0.1) is 0 Å². The largest absolute Gasteiger partial charge is 0.382 e. The van der Waals surface area contributed by atoms with Gasteiger partial charge in [-0.25, -0.2) is 0 Å². The van der Waals surface area contributed by atoms with Crippen LogP contribution in [0.3, 0.4) is 0 Å². The number of primary amides is 1. The summed E-state index contributed by atoms with van der Waals surface area (Å²) in [6.07, 6.45) is 3.04. The zero-order valence-electron chi connectivity index (χ0n) is 12.3. The molecule has 1 aromatic heterocycles. The van der Waals surface area contributed by atoms with E-state index in [4.69, 9.17) is 26.8 Å². The summed E-state index contributed by atoms with van der Waals surface area (Å²) in [4.78, 5) is 25.3. The quantitative estimate of drug-likeness (QED) is 0.769. The second kappa shape index (κ2) is 7.08. The molecule has 1 fully saturated rings. The molecular formula is C13H19ClN4O4. The number of halogens is 1. The number of hydrogen-bond donors (Lipinski definition) is 1. The van der Waals surface area contributed by atoms with Crippen LogP contribution >= 0.6 is 11.6 Å². The van der Waals surface area contributed by atoms with Gasteiger partial charge in [0.25, 0.3) is 0 Å². The summed E-state index contributed by atoms with van der Waals surface area (Å²) in [7, 11) is 1.51. The molecule has 9 heteroatoms. The Kier molecular flexibility index (Phi) is 5.38. The molecule has 2 heterocycles. The Morgan fingerprint density at radius 3 is 2.95 bits per heavy atom. The summed E-state index contributed by atoms with van der Waals surface area (Å²) in [5, 5.41) is 4.45. The summed E-state index contributed by atoms with van der Waals surface area (Å²) in [5.41, 5.74) is 4.39. The van der Waals surface area contributed by atoms with Gasteiger partial charge in [0.1, 0.15) is 12.1 Å². The van der Waals surface area contributed by atoms with E-state index in [9.17, 15) is 9.59 Å². The smallest absolute Gasteiger partial charge is 0.244 e. The van der Waals surface area contributed by atoms with Gasteiger partial charge in [-0.3, -0.25) is 14.3 Å². The lowest BCUT2D eigenvalue weighted by atomic mass is 9.97. The van der Waals surface area contributed by atoms with Crippen molar-refractivity contribution in [2.24, 2.45) is 5.73 Å². The molecule has 1 atom stereocenters. The number of morpholine rings is 1. The van der Waals surface area contributed by atoms with Gasteiger partial charge < -0.3 is 20.1 Å². The molecule has 2 rings (SSSR count). The van der Waals surface area contributed by atoms with Gasteiger partial charge >= 0.3 is 0 Å². The molecule has 1 saturated heterocycles. The van der Waals surface area contributed by atoms with Crippen LogP contribution in [0.1, 0.15) is 6.42 Å². The normalized spacial score (nSPS) is 21.8. The highest BCUT2D eigenvalue weighted by Gasteiger charge is 2.40. The molecule has 0 unspecified atom stereocenters. The molecule has 1 aliphatic heterocycles. The number of aromatic nitrogens is 2. The Morgan fingerprint density at radius 1 is 1.59 bits per heavy atom. The van der Waals surface area contributed by atoms with E-state index in [-0.39, 0.29) is 32.0 Å². The fourth-order valence-corrected chi connectivity index (χ4v) is 2.70. The number of rotatable bonds is 6. The summed E-state index contributed by atoms with van der Waals surface area (Å²) in [6, 6.07) is 0. The summed E-state index contributed by atoms with van der Waals surface area (Å²) < 4.78 is 12.3. The van der Waals surface area contributed by atoms with Crippen molar-refractivity contribution in [2.45, 2.75) is 18.6 Å². The number of methoxy groups -OCH3 is 1. The Morgan fingerprint density at radius 2 is 2.36 bits per heavy atom. The van der Waals surface area contributed by atoms with E-state index in [2.05, 4.69) is 5.10 Å². The van der Waals surface area contributed by atoms with Crippen LogP contribution in [0.5, 0.6) is 0 Å². The molecule has 0 radical (unpaired) electrons. The fourth-order valence-electron chi connectivity index (χ4n) is 2.55. The standard InChI is InChI=1S/C13H19ClN4O4/c1-21-9-13(4-11(15)19)8-17(2-3-22-13)12(20)7-18-6-10(14)5-16-18/h5-6H,2-4,7-9H2,1H3,(H2,15,19)/t13-/m0/s1. The van der Waals surface area contributed by atoms with Crippen LogP contribution in [-0.4, -0.2) is 65.5 Å². The van der Waals surface area contributed by atoms with Crippen molar-refractivity contribution in [3.63, 3.8) is 0 Å². The SMILES string of the molecule is COC[C@]1(CC(N)=O)CN(C(=O)Cn2cc(Cl)cn2)CCO1. The minimum absolute atomic E-state index is 0.00177. The first-order valence-electron chi connectivity index (χ1n) is 6.81. The van der Waals surface area contributed by atoms with E-state index in [1.165, 1.54) is 18.0 Å². The maximum atomic E-state index is 12.4. The average molecular weight is 331 g/mol. The van der Waals surface area contributed by atoms with Crippen molar-refractivity contribution in [1.29, 1.82) is 0 Å². The summed E-state index contributed by atoms with van der Waals surface area (Å²) >= 11 is 5.78. The fraction of sp³-hybridized carbons (Fsp3) is 0.615. The highest BCUT2D eigenvalue weighted by Crippen LogP contribution is 2.23. The average Bonchev–Trinajstić information content (AvgIpc) is 2.83. The van der Waals surface area contributed by atoms with Crippen molar-refractivity contribution in [1.82, 2.24) is 14.7 Å². The Hall–Kier alpha value is -1.64. The van der Waals surface area contributed by atoms with Crippen molar-refractivity contribution in [2.75, 3.05) is 33.4 Å². The second-order valence-electron chi connectivity index (χ2n) is 5.28. The van der Waals surface area contributed by atoms with Crippen LogP contribution < -0.4 is 5.73 Å². The minimum Gasteiger partial charge on any atom is -0.382 e. The molecule has 0 aromatic carbocycles. The third-order valence-electron chi connectivity index (χ3n) is 3.40. The number of ether oxygens (including phenoxy) is 2. The second-order valence-corrected chi connectivity index (χ2v) is 5.72. The number of carbonyl (C=O) groups excluding carboxylic acids is 2. The maximum absolute atomic E-state index is 12.4. The lowest BCUT2D eigenvalue weighted by Gasteiger charge is -2.41. The van der Waals surface area contributed by atoms with Crippen LogP contribution in [0.25, 0.3) is 0 Å². The third-order valence-corrected chi connectivity index (χ3v) is 3.60. The predicted molar refractivity (Wildman–Crippen MR) is 78.2 cm³/mol. The van der Waals surface area contributed by atoms with Gasteiger partial charge in [-0.1, -0.05) is 11.6 Å². The van der Waals surface area contributed by atoms with Gasteiger partial charge in [0.2, 0.25) is 11.8 Å². The lowest BCUT2D eigenvalue weighted by molar-refractivity contribution is -0.166. The zero-order chi connectivity index (χ0) is 16.2. The van der Waals surface area contributed by atoms with Crippen molar-refractivity contribution >= 4 is 23.4 Å². The van der Waals surface area contributed by atoms with Gasteiger partial charge in [-0.15, -0.1) is 0 Å². The summed E-state index contributed by atoms with van der Waals surface area (Å²) in [6.45, 7) is 1.28. The Balaban J connectivity index is 2.04. The molecular weight excluding hydrogens is 312 g/mol. The van der Waals surface area contributed by atoms with Crippen molar-refractivity contribution in [3.8, 4) is 0 Å². The number of hydrogen-bond acceptors (Lipinski definition) is 5. The Bertz CT molecular complexity index is 546. The summed E-state index contributed by atoms with van der Waals surface area (Å²) in [5.74, 6) is -0.627. The number of nitrogens with zero attached hydrogens (tertiary/aromatic N) is 3. The van der Waals surface area contributed by atoms with Gasteiger partial charge in [-0.2, -0.15) is 5.10 Å². The molecule has 0 bridgehead atoms. The van der Waals surface area contributed by atoms with E-state index in [1.54, 1.807) is 11.1 Å². The van der Waals surface area contributed by atoms with Crippen LogP contribution in [0.15, 0.2) is 12.4 Å². The topological polar surface area (TPSA) is 99.7 Å². The van der Waals surface area contributed by atoms with Gasteiger partial charge in [0.05, 0.1) is 37.4 Å². The van der Waals surface area contributed by atoms with Crippen LogP contribution in [-0.2, 0) is 25.6 Å². The molecule has 2 amide bonds. The van der Waals surface area contributed by atoms with E-state index >= 15 is 0 Å². The molecule has 0 saturated carbocycles. The monoisotopic (exact) mass is 330 g/mol. The number of carbonyl (C=O) groups is 2. The lowest BCUT2D eigenvalue weighted by Crippen LogP contribution is -2.57. The number of nitrogens with two attached hydrogens (primary N) is 1. The first-order chi connectivity index (χ1) is 10.4. The molecule has 0 spiro atoms. The highest BCUT2D eigenvalue weighted by atomic mass is 35.5. The van der Waals surface area contributed by atoms with Crippen LogP contribution in [0.2, 0.25) is 5.02 Å². The van der Waals surface area contributed by atoms with Gasteiger partial charge in [-0.05, 0) is 0 Å². The third kappa shape index (κ3) is 4.19. The first kappa shape index (κ1) is 16.7. The maximum Gasteiger partial charge on any atom is 0.244 e. The zero-order valence-corrected chi connectivity index (χ0v) is 13.1. The molecule has 0 aliphatic carbocycles. The van der Waals surface area contributed by atoms with Crippen LogP contribution in [0.4, 0.5) is 0 Å². The molecule has 8 nitrogen and oxygen atoms in total. The van der Waals surface area contributed by atoms with E-state index < -0.39 is 11.5 Å². The van der Waals surface area contributed by atoms with Crippen molar-refractivity contribution < 1.29 is 19.1 Å². The van der Waals surface area contributed by atoms with E-state index in [0.717, 1.165) is 0 Å². The van der Waals surface area contributed by atoms with Gasteiger partial charge in [0.15, 0.2) is 0 Å². The molecule has 22 heavy (non-hydrogen) atoms. The van der Waals surface area contributed by atoms with Crippen molar-refractivity contribution in [3.05, 3.63) is 17.4 Å². The molecule has 2 N–H and O–H groups in total. The molecule has 1 aromatic rings. The minimum atomic E-state index is -0.893. The van der Waals surface area contributed by atoms with E-state index in [0.29, 0.717) is 18.2 Å².